The fourth-order valence-electron chi connectivity index (χ4n) is 8.77. The Morgan fingerprint density at radius 3 is 2.50 bits per heavy atom. The van der Waals surface area contributed by atoms with Crippen LogP contribution in [0, 0.1) is 39.8 Å². The van der Waals surface area contributed by atoms with E-state index in [-0.39, 0.29) is 41.2 Å². The Bertz CT molecular complexity index is 1960. The summed E-state index contributed by atoms with van der Waals surface area (Å²) in [7, 11) is 0. The van der Waals surface area contributed by atoms with Gasteiger partial charge in [-0.3, -0.25) is 14.6 Å². The van der Waals surface area contributed by atoms with Crippen molar-refractivity contribution in [3.05, 3.63) is 81.7 Å². The van der Waals surface area contributed by atoms with Gasteiger partial charge in [-0.05, 0) is 67.9 Å². The van der Waals surface area contributed by atoms with Gasteiger partial charge in [0.05, 0.1) is 17.2 Å². The summed E-state index contributed by atoms with van der Waals surface area (Å²) in [6.45, 7) is 7.85. The minimum Gasteiger partial charge on any atom is -0.482 e. The van der Waals surface area contributed by atoms with E-state index in [2.05, 4.69) is 4.98 Å². The Kier molecular flexibility index (Phi) is 8.80. The highest BCUT2D eigenvalue weighted by Crippen LogP contribution is 2.67. The molecule has 0 radical (unpaired) electrons. The molecule has 2 saturated carbocycles. The zero-order valence-corrected chi connectivity index (χ0v) is 28.2. The number of aromatic nitrogens is 1. The Morgan fingerprint density at radius 1 is 1.10 bits per heavy atom. The Balaban J connectivity index is 1.51. The van der Waals surface area contributed by atoms with Crippen LogP contribution in [-0.4, -0.2) is 52.4 Å². The van der Waals surface area contributed by atoms with Gasteiger partial charge in [0.25, 0.3) is 0 Å². The minimum atomic E-state index is -1.48. The zero-order valence-electron chi connectivity index (χ0n) is 28.2. The normalized spacial score (nSPS) is 31.0. The van der Waals surface area contributed by atoms with Crippen LogP contribution in [0.5, 0.6) is 5.75 Å². The van der Waals surface area contributed by atoms with E-state index in [1.54, 1.807) is 31.3 Å². The molecule has 262 valence electrons. The lowest BCUT2D eigenvalue weighted by molar-refractivity contribution is -0.266. The summed E-state index contributed by atoms with van der Waals surface area (Å²) >= 11 is 0. The highest BCUT2D eigenvalue weighted by Gasteiger charge is 2.71. The minimum absolute atomic E-state index is 0.0372. The molecule has 0 bridgehead atoms. The maximum Gasteiger partial charge on any atom is 0.345 e. The highest BCUT2D eigenvalue weighted by atomic mass is 19.1. The van der Waals surface area contributed by atoms with Crippen LogP contribution in [0.25, 0.3) is 11.3 Å². The molecule has 3 aromatic rings. The van der Waals surface area contributed by atoms with E-state index in [0.29, 0.717) is 18.4 Å². The van der Waals surface area contributed by atoms with Crippen LogP contribution in [0.4, 0.5) is 4.39 Å². The number of hydrogen-bond donors (Lipinski definition) is 1. The number of pyridine rings is 1. The Labute approximate surface area is 287 Å². The highest BCUT2D eigenvalue weighted by molar-refractivity contribution is 5.89. The second-order valence-electron chi connectivity index (χ2n) is 14.0. The van der Waals surface area contributed by atoms with Crippen molar-refractivity contribution in [3.8, 4) is 23.1 Å². The van der Waals surface area contributed by atoms with Gasteiger partial charge < -0.3 is 28.5 Å². The van der Waals surface area contributed by atoms with Gasteiger partial charge in [0.15, 0.2) is 0 Å². The molecule has 3 unspecified atom stereocenters. The van der Waals surface area contributed by atoms with Crippen molar-refractivity contribution in [2.45, 2.75) is 77.8 Å². The lowest BCUT2D eigenvalue weighted by Crippen LogP contribution is -2.71. The van der Waals surface area contributed by atoms with Crippen LogP contribution in [0.2, 0.25) is 0 Å². The number of aliphatic hydroxyl groups is 1. The Hall–Kier alpha value is -5.09. The van der Waals surface area contributed by atoms with Gasteiger partial charge in [0, 0.05) is 49.2 Å². The summed E-state index contributed by atoms with van der Waals surface area (Å²) in [6, 6.07) is 9.93. The number of rotatable bonds is 6. The van der Waals surface area contributed by atoms with Crippen molar-refractivity contribution in [2.75, 3.05) is 6.61 Å². The summed E-state index contributed by atoms with van der Waals surface area (Å²) in [4.78, 5) is 55.9. The molecule has 8 atom stereocenters. The summed E-state index contributed by atoms with van der Waals surface area (Å²) in [5.74, 6) is -4.19. The molecule has 1 N–H and O–H groups in total. The van der Waals surface area contributed by atoms with E-state index in [0.717, 1.165) is 6.07 Å². The average Bonchev–Trinajstić information content (AvgIpc) is 3.06. The van der Waals surface area contributed by atoms with Crippen LogP contribution in [-0.2, 0) is 23.8 Å². The molecule has 1 aromatic carbocycles. The van der Waals surface area contributed by atoms with Gasteiger partial charge in [0.2, 0.25) is 0 Å². The second kappa shape index (κ2) is 12.7. The van der Waals surface area contributed by atoms with Crippen molar-refractivity contribution in [2.24, 2.45) is 22.7 Å². The molecule has 50 heavy (non-hydrogen) atoms. The average molecular weight is 689 g/mol. The first-order valence-corrected chi connectivity index (χ1v) is 16.3. The number of ether oxygens (including phenoxy) is 4. The first kappa shape index (κ1) is 34.8. The van der Waals surface area contributed by atoms with Crippen molar-refractivity contribution >= 4 is 17.9 Å². The fraction of sp³-hybridized carbons (Fsp3) is 0.459. The van der Waals surface area contributed by atoms with Gasteiger partial charge in [-0.15, -0.1) is 0 Å². The predicted molar refractivity (Wildman–Crippen MR) is 172 cm³/mol. The number of halogens is 1. The molecule has 6 rings (SSSR count). The summed E-state index contributed by atoms with van der Waals surface area (Å²) in [6.07, 6.45) is 0.549. The third kappa shape index (κ3) is 5.71. The number of hydrogen-bond acceptors (Lipinski definition) is 12. The second-order valence-corrected chi connectivity index (χ2v) is 14.0. The topological polar surface area (TPSA) is 175 Å². The smallest absolute Gasteiger partial charge is 0.345 e. The molecule has 0 saturated heterocycles. The maximum absolute atomic E-state index is 14.6. The third-order valence-electron chi connectivity index (χ3n) is 11.0. The van der Waals surface area contributed by atoms with Crippen LogP contribution < -0.4 is 10.4 Å². The molecule has 0 amide bonds. The SMILES string of the molecule is CC(=O)OCC1(C)C2C[C@H](OC(=O)c3ccc(C#N)c(F)c3)[C@@]3(C)Oc4cc(-c5cccnc5)oc(=O)c4[C@H](O)C3[C@@]2(C)CC[C@@H]1OC(C)=O. The van der Waals surface area contributed by atoms with E-state index in [4.69, 9.17) is 23.4 Å². The number of esters is 3. The first-order chi connectivity index (χ1) is 23.6. The molecule has 2 aliphatic carbocycles. The van der Waals surface area contributed by atoms with E-state index in [1.807, 2.05) is 13.8 Å². The molecule has 2 aromatic heterocycles. The quantitative estimate of drug-likeness (QED) is 0.270. The lowest BCUT2D eigenvalue weighted by atomic mass is 9.42. The van der Waals surface area contributed by atoms with Crippen LogP contribution >= 0.6 is 0 Å². The van der Waals surface area contributed by atoms with Crippen molar-refractivity contribution < 1.29 is 47.2 Å². The molecule has 1 aliphatic heterocycles. The van der Waals surface area contributed by atoms with E-state index in [1.165, 1.54) is 38.2 Å². The van der Waals surface area contributed by atoms with E-state index in [9.17, 15) is 33.9 Å². The third-order valence-corrected chi connectivity index (χ3v) is 11.0. The van der Waals surface area contributed by atoms with Gasteiger partial charge >= 0.3 is 23.5 Å². The number of aliphatic hydroxyl groups excluding tert-OH is 1. The number of fused-ring (bicyclic) bond motifs is 4. The molecule has 2 fully saturated rings. The molecular formula is C37H37FN2O10. The standard InChI is InChI=1S/C37H37FN2O10/c1-19(41)46-18-36(4)27-15-29(49-33(44)21-8-9-22(16-39)24(38)13-21)37(5)32(35(27,3)11-10-28(36)47-20(2)42)31(43)30-26(50-37)14-25(48-34(30)45)23-7-6-12-40-17-23/h6-9,12-14,17,27-29,31-32,43H,10-11,15,18H2,1-5H3/t27?,28-,29-,31-,32?,35-,36?,37+/m0/s1. The van der Waals surface area contributed by atoms with Crippen LogP contribution in [0.15, 0.2) is 58.0 Å². The molecule has 13 heteroatoms. The molecule has 3 heterocycles. The molecule has 0 spiro atoms. The predicted octanol–water partition coefficient (Wildman–Crippen LogP) is 5.06. The van der Waals surface area contributed by atoms with E-state index < -0.39 is 75.9 Å². The Morgan fingerprint density at radius 2 is 1.86 bits per heavy atom. The van der Waals surface area contributed by atoms with Crippen molar-refractivity contribution in [1.29, 1.82) is 5.26 Å². The summed E-state index contributed by atoms with van der Waals surface area (Å²) in [5.41, 5.74) is -4.25. The van der Waals surface area contributed by atoms with Gasteiger partial charge in [0.1, 0.15) is 53.4 Å². The zero-order chi connectivity index (χ0) is 36.2. The molecular weight excluding hydrogens is 651 g/mol. The number of nitriles is 1. The van der Waals surface area contributed by atoms with E-state index >= 15 is 0 Å². The molecule has 12 nitrogen and oxygen atoms in total. The fourth-order valence-corrected chi connectivity index (χ4v) is 8.77. The summed E-state index contributed by atoms with van der Waals surface area (Å²) < 4.78 is 44.5. The number of nitrogens with zero attached hydrogens (tertiary/aromatic N) is 2. The first-order valence-electron chi connectivity index (χ1n) is 16.3. The maximum atomic E-state index is 14.6. The molecule has 3 aliphatic rings. The number of carbonyl (C=O) groups is 3. The van der Waals surface area contributed by atoms with Crippen LogP contribution in [0.1, 0.15) is 81.5 Å². The monoisotopic (exact) mass is 688 g/mol. The van der Waals surface area contributed by atoms with Gasteiger partial charge in [-0.2, -0.15) is 5.26 Å². The van der Waals surface area contributed by atoms with Gasteiger partial charge in [-0.1, -0.05) is 13.8 Å². The van der Waals surface area contributed by atoms with Crippen molar-refractivity contribution in [3.63, 3.8) is 0 Å². The summed E-state index contributed by atoms with van der Waals surface area (Å²) in [5, 5.41) is 21.5. The number of benzene rings is 1. The number of carbonyl (C=O) groups excluding carboxylic acids is 3. The lowest BCUT2D eigenvalue weighted by Gasteiger charge is -2.66. The largest absolute Gasteiger partial charge is 0.482 e. The van der Waals surface area contributed by atoms with Gasteiger partial charge in [-0.25, -0.2) is 14.0 Å². The van der Waals surface area contributed by atoms with Crippen LogP contribution in [0.3, 0.4) is 0 Å². The van der Waals surface area contributed by atoms with Crippen molar-refractivity contribution in [1.82, 2.24) is 4.98 Å².